The van der Waals surface area contributed by atoms with Crippen molar-refractivity contribution in [1.29, 1.82) is 5.26 Å². The van der Waals surface area contributed by atoms with Crippen LogP contribution >= 0.6 is 0 Å². The number of hydrogen-bond acceptors (Lipinski definition) is 11. The van der Waals surface area contributed by atoms with Gasteiger partial charge < -0.3 is 19.9 Å². The number of methoxy groups -OCH3 is 2. The molecule has 0 bridgehead atoms. The van der Waals surface area contributed by atoms with Gasteiger partial charge in [0, 0.05) is 17.4 Å². The van der Waals surface area contributed by atoms with Crippen LogP contribution in [0.4, 0.5) is 5.69 Å². The van der Waals surface area contributed by atoms with E-state index in [4.69, 9.17) is 19.9 Å². The predicted octanol–water partition coefficient (Wildman–Crippen LogP) is 3.47. The summed E-state index contributed by atoms with van der Waals surface area (Å²) in [5.41, 5.74) is 8.94. The zero-order valence-electron chi connectivity index (χ0n) is 23.5. The molecule has 216 valence electrons. The van der Waals surface area contributed by atoms with Crippen molar-refractivity contribution in [2.75, 3.05) is 25.7 Å². The molecule has 0 saturated carbocycles. The van der Waals surface area contributed by atoms with Crippen molar-refractivity contribution in [1.82, 2.24) is 14.6 Å². The first-order chi connectivity index (χ1) is 20.9. The number of nitrogens with zero attached hydrogens (tertiary/aromatic N) is 5. The monoisotopic (exact) mass is 578 g/mol. The third-order valence-electron chi connectivity index (χ3n) is 6.91. The van der Waals surface area contributed by atoms with Crippen molar-refractivity contribution in [3.8, 4) is 17.3 Å². The molecular formula is C31H26N6O6. The second-order valence-corrected chi connectivity index (χ2v) is 9.23. The number of rotatable bonds is 7. The van der Waals surface area contributed by atoms with E-state index in [0.717, 1.165) is 0 Å². The first kappa shape index (κ1) is 28.6. The number of carbonyl (C=O) groups is 3. The number of allylic oxidation sites excluding steroid dienone is 1. The molecule has 0 amide bonds. The second kappa shape index (κ2) is 11.9. The van der Waals surface area contributed by atoms with Gasteiger partial charge in [0.25, 0.3) is 0 Å². The van der Waals surface area contributed by atoms with Gasteiger partial charge in [-0.15, -0.1) is 0 Å². The summed E-state index contributed by atoms with van der Waals surface area (Å²) in [6, 6.07) is 19.4. The number of nitriles is 1. The van der Waals surface area contributed by atoms with E-state index < -0.39 is 23.8 Å². The summed E-state index contributed by atoms with van der Waals surface area (Å²) in [6.07, 6.45) is 2.91. The van der Waals surface area contributed by atoms with E-state index in [9.17, 15) is 19.6 Å². The zero-order valence-corrected chi connectivity index (χ0v) is 23.5. The zero-order chi connectivity index (χ0) is 30.7. The lowest BCUT2D eigenvalue weighted by Gasteiger charge is -2.36. The average molecular weight is 579 g/mol. The van der Waals surface area contributed by atoms with Gasteiger partial charge in [0.2, 0.25) is 0 Å². The summed E-state index contributed by atoms with van der Waals surface area (Å²) in [5, 5.41) is 14.6. The van der Waals surface area contributed by atoms with Crippen LogP contribution in [0.5, 0.6) is 0 Å². The number of aromatic nitrogens is 3. The first-order valence-electron chi connectivity index (χ1n) is 13.1. The Hall–Kier alpha value is -5.96. The Morgan fingerprint density at radius 2 is 1.74 bits per heavy atom. The molecule has 2 aromatic carbocycles. The van der Waals surface area contributed by atoms with Gasteiger partial charge in [0.1, 0.15) is 17.1 Å². The first-order valence-corrected chi connectivity index (χ1v) is 13.1. The SMILES string of the molecule is CCOC(=O)c1cnn2c(-c3cccc(N4C(N)=C(C#N)C(c5ccccc5)C(C(=O)OC)=C4C(=O)OC)c3)ccnc12. The minimum absolute atomic E-state index is 0.0436. The maximum Gasteiger partial charge on any atom is 0.355 e. The van der Waals surface area contributed by atoms with Crippen molar-refractivity contribution in [3.05, 3.63) is 107 Å². The quantitative estimate of drug-likeness (QED) is 0.252. The lowest BCUT2D eigenvalue weighted by atomic mass is 9.81. The molecule has 2 N–H and O–H groups in total. The van der Waals surface area contributed by atoms with E-state index in [0.29, 0.717) is 28.2 Å². The van der Waals surface area contributed by atoms with Crippen LogP contribution in [0.1, 0.15) is 28.8 Å². The Morgan fingerprint density at radius 3 is 2.42 bits per heavy atom. The van der Waals surface area contributed by atoms with Crippen LogP contribution in [0, 0.1) is 11.3 Å². The van der Waals surface area contributed by atoms with Gasteiger partial charge in [-0.3, -0.25) is 4.90 Å². The largest absolute Gasteiger partial charge is 0.466 e. The molecule has 0 fully saturated rings. The molecule has 43 heavy (non-hydrogen) atoms. The molecule has 0 aliphatic carbocycles. The second-order valence-electron chi connectivity index (χ2n) is 9.23. The molecule has 12 heteroatoms. The topological polar surface area (TPSA) is 162 Å². The number of ether oxygens (including phenoxy) is 3. The molecule has 3 heterocycles. The summed E-state index contributed by atoms with van der Waals surface area (Å²) in [4.78, 5) is 44.8. The number of anilines is 1. The fraction of sp³-hybridized carbons (Fsp3) is 0.161. The fourth-order valence-electron chi connectivity index (χ4n) is 5.05. The molecule has 0 spiro atoms. The number of hydrogen-bond donors (Lipinski definition) is 1. The molecule has 2 aromatic heterocycles. The summed E-state index contributed by atoms with van der Waals surface area (Å²) in [6.45, 7) is 1.90. The van der Waals surface area contributed by atoms with Crippen LogP contribution < -0.4 is 10.6 Å². The Morgan fingerprint density at radius 1 is 1.00 bits per heavy atom. The maximum atomic E-state index is 13.4. The summed E-state index contributed by atoms with van der Waals surface area (Å²) in [7, 11) is 2.37. The molecule has 1 unspecified atom stereocenters. The standard InChI is InChI=1S/C31H26N6O6/c1-4-43-29(38)22-17-35-37-23(13-14-34-28(22)37)19-11-8-12-20(15-19)36-26(31(40)42-3)25(30(39)41-2)24(21(16-32)27(36)33)18-9-6-5-7-10-18/h5-15,17,24H,4,33H2,1-3H3. The van der Waals surface area contributed by atoms with Crippen molar-refractivity contribution in [2.45, 2.75) is 12.8 Å². The molecule has 0 radical (unpaired) electrons. The predicted molar refractivity (Wildman–Crippen MR) is 154 cm³/mol. The van der Waals surface area contributed by atoms with Gasteiger partial charge >= 0.3 is 17.9 Å². The smallest absolute Gasteiger partial charge is 0.355 e. The molecule has 12 nitrogen and oxygen atoms in total. The van der Waals surface area contributed by atoms with E-state index in [-0.39, 0.29) is 34.8 Å². The number of benzene rings is 2. The summed E-state index contributed by atoms with van der Waals surface area (Å²) < 4.78 is 16.8. The highest BCUT2D eigenvalue weighted by atomic mass is 16.5. The van der Waals surface area contributed by atoms with Crippen LogP contribution in [0.15, 0.2) is 95.7 Å². The van der Waals surface area contributed by atoms with Gasteiger partial charge in [-0.1, -0.05) is 42.5 Å². The minimum Gasteiger partial charge on any atom is -0.466 e. The van der Waals surface area contributed by atoms with Crippen LogP contribution in [0.25, 0.3) is 16.9 Å². The number of nitrogens with two attached hydrogens (primary N) is 1. The van der Waals surface area contributed by atoms with E-state index in [1.807, 2.05) is 0 Å². The third kappa shape index (κ3) is 4.93. The van der Waals surface area contributed by atoms with Gasteiger partial charge in [0.05, 0.1) is 55.9 Å². The molecule has 1 atom stereocenters. The van der Waals surface area contributed by atoms with E-state index in [1.165, 1.54) is 36.0 Å². The van der Waals surface area contributed by atoms with E-state index >= 15 is 0 Å². The Balaban J connectivity index is 1.73. The van der Waals surface area contributed by atoms with E-state index in [2.05, 4.69) is 16.2 Å². The maximum absolute atomic E-state index is 13.4. The highest BCUT2D eigenvalue weighted by Gasteiger charge is 2.43. The number of carbonyl (C=O) groups excluding carboxylic acids is 3. The molecule has 4 aromatic rings. The fourth-order valence-corrected chi connectivity index (χ4v) is 5.05. The van der Waals surface area contributed by atoms with Crippen molar-refractivity contribution < 1.29 is 28.6 Å². The van der Waals surface area contributed by atoms with Crippen molar-refractivity contribution in [2.24, 2.45) is 5.73 Å². The number of fused-ring (bicyclic) bond motifs is 1. The summed E-state index contributed by atoms with van der Waals surface area (Å²) in [5.74, 6) is -3.29. The van der Waals surface area contributed by atoms with Gasteiger partial charge in [0.15, 0.2) is 5.65 Å². The molecule has 1 aliphatic rings. The van der Waals surface area contributed by atoms with Crippen LogP contribution in [-0.2, 0) is 23.8 Å². The normalized spacial score (nSPS) is 14.8. The lowest BCUT2D eigenvalue weighted by molar-refractivity contribution is -0.139. The third-order valence-corrected chi connectivity index (χ3v) is 6.91. The molecule has 1 aliphatic heterocycles. The summed E-state index contributed by atoms with van der Waals surface area (Å²) >= 11 is 0. The van der Waals surface area contributed by atoms with E-state index in [1.54, 1.807) is 67.6 Å². The minimum atomic E-state index is -0.989. The Labute approximate surface area is 246 Å². The number of esters is 3. The highest BCUT2D eigenvalue weighted by molar-refractivity contribution is 6.06. The Kier molecular flexibility index (Phi) is 7.89. The highest BCUT2D eigenvalue weighted by Crippen LogP contribution is 2.43. The molecular weight excluding hydrogens is 552 g/mol. The van der Waals surface area contributed by atoms with Gasteiger partial charge in [-0.25, -0.2) is 23.9 Å². The van der Waals surface area contributed by atoms with Gasteiger partial charge in [-0.05, 0) is 30.7 Å². The van der Waals surface area contributed by atoms with Crippen molar-refractivity contribution in [3.63, 3.8) is 0 Å². The molecule has 0 saturated heterocycles. The molecule has 5 rings (SSSR count). The van der Waals surface area contributed by atoms with Crippen LogP contribution in [-0.4, -0.2) is 53.3 Å². The lowest BCUT2D eigenvalue weighted by Crippen LogP contribution is -2.40. The van der Waals surface area contributed by atoms with Crippen LogP contribution in [0.2, 0.25) is 0 Å². The van der Waals surface area contributed by atoms with Gasteiger partial charge in [-0.2, -0.15) is 10.4 Å². The Bertz CT molecular complexity index is 1850. The average Bonchev–Trinajstić information content (AvgIpc) is 3.48. The van der Waals surface area contributed by atoms with Crippen molar-refractivity contribution >= 4 is 29.2 Å². The van der Waals surface area contributed by atoms with Crippen LogP contribution in [0.3, 0.4) is 0 Å².